The quantitative estimate of drug-likeness (QED) is 0.891. The van der Waals surface area contributed by atoms with Gasteiger partial charge in [-0.25, -0.2) is 0 Å². The predicted molar refractivity (Wildman–Crippen MR) is 82.1 cm³/mol. The van der Waals surface area contributed by atoms with Crippen LogP contribution in [0.15, 0.2) is 18.2 Å². The Labute approximate surface area is 125 Å². The Kier molecular flexibility index (Phi) is 4.90. The lowest BCUT2D eigenvalue weighted by Crippen LogP contribution is -2.44. The second-order valence-electron chi connectivity index (χ2n) is 5.17. The summed E-state index contributed by atoms with van der Waals surface area (Å²) in [5.41, 5.74) is 7.00. The van der Waals surface area contributed by atoms with Crippen LogP contribution in [-0.2, 0) is 10.2 Å². The number of nitrogens with two attached hydrogens (primary N) is 1. The van der Waals surface area contributed by atoms with Gasteiger partial charge in [-0.1, -0.05) is 17.7 Å². The van der Waals surface area contributed by atoms with E-state index in [0.29, 0.717) is 30.3 Å². The van der Waals surface area contributed by atoms with Crippen molar-refractivity contribution in [2.45, 2.75) is 19.8 Å². The smallest absolute Gasteiger partial charge is 0.301 e. The number of hydrogen-bond acceptors (Lipinski definition) is 3. The van der Waals surface area contributed by atoms with Gasteiger partial charge in [0.2, 0.25) is 0 Å². The minimum atomic E-state index is -3.55. The number of nitrogens with one attached hydrogen (secondary N) is 1. The van der Waals surface area contributed by atoms with E-state index in [4.69, 9.17) is 17.3 Å². The molecule has 20 heavy (non-hydrogen) atoms. The predicted octanol–water partition coefficient (Wildman–Crippen LogP) is 1.98. The molecule has 1 fully saturated rings. The van der Waals surface area contributed by atoms with Gasteiger partial charge in [0.15, 0.2) is 0 Å². The van der Waals surface area contributed by atoms with Crippen LogP contribution >= 0.6 is 11.6 Å². The van der Waals surface area contributed by atoms with Crippen molar-refractivity contribution in [3.63, 3.8) is 0 Å². The van der Waals surface area contributed by atoms with E-state index in [0.717, 1.165) is 18.4 Å². The topological polar surface area (TPSA) is 75.4 Å². The standard InChI is InChI=1S/C13H20ClN3O2S/c1-10-4-5-12(14)7-13(10)16-20(18,19)17-6-2-3-11(8-15)9-17/h4-5,7,11,16H,2-3,6,8-9,15H2,1H3. The van der Waals surface area contributed by atoms with E-state index in [1.165, 1.54) is 4.31 Å². The molecule has 2 rings (SSSR count). The lowest BCUT2D eigenvalue weighted by molar-refractivity contribution is 0.273. The molecule has 1 saturated heterocycles. The molecule has 0 aromatic heterocycles. The molecule has 0 bridgehead atoms. The maximum atomic E-state index is 12.4. The summed E-state index contributed by atoms with van der Waals surface area (Å²) < 4.78 is 28.9. The normalized spacial score (nSPS) is 20.9. The maximum Gasteiger partial charge on any atom is 0.301 e. The van der Waals surface area contributed by atoms with E-state index in [1.54, 1.807) is 18.2 Å². The number of benzene rings is 1. The highest BCUT2D eigenvalue weighted by Gasteiger charge is 2.28. The van der Waals surface area contributed by atoms with Crippen molar-refractivity contribution in [3.8, 4) is 0 Å². The fraction of sp³-hybridized carbons (Fsp3) is 0.538. The van der Waals surface area contributed by atoms with Gasteiger partial charge < -0.3 is 5.73 Å². The number of rotatable bonds is 4. The Morgan fingerprint density at radius 3 is 2.95 bits per heavy atom. The molecule has 1 heterocycles. The van der Waals surface area contributed by atoms with Gasteiger partial charge in [0.05, 0.1) is 5.69 Å². The third-order valence-corrected chi connectivity index (χ3v) is 5.32. The number of hydrogen-bond donors (Lipinski definition) is 2. The number of nitrogens with zero attached hydrogens (tertiary/aromatic N) is 1. The molecule has 0 saturated carbocycles. The Hall–Kier alpha value is -0.820. The summed E-state index contributed by atoms with van der Waals surface area (Å²) in [7, 11) is -3.55. The molecular formula is C13H20ClN3O2S. The first-order chi connectivity index (χ1) is 9.42. The average Bonchev–Trinajstić information content (AvgIpc) is 2.43. The molecule has 1 aliphatic heterocycles. The first-order valence-electron chi connectivity index (χ1n) is 6.66. The van der Waals surface area contributed by atoms with Crippen LogP contribution < -0.4 is 10.5 Å². The fourth-order valence-corrected chi connectivity index (χ4v) is 3.92. The van der Waals surface area contributed by atoms with Gasteiger partial charge in [-0.05, 0) is 49.9 Å². The van der Waals surface area contributed by atoms with E-state index in [2.05, 4.69) is 4.72 Å². The van der Waals surface area contributed by atoms with E-state index in [1.807, 2.05) is 6.92 Å². The van der Waals surface area contributed by atoms with Crippen molar-refractivity contribution >= 4 is 27.5 Å². The van der Waals surface area contributed by atoms with Gasteiger partial charge in [0, 0.05) is 18.1 Å². The molecule has 1 atom stereocenters. The summed E-state index contributed by atoms with van der Waals surface area (Å²) >= 11 is 5.91. The largest absolute Gasteiger partial charge is 0.330 e. The molecule has 1 unspecified atom stereocenters. The molecule has 0 radical (unpaired) electrons. The van der Waals surface area contributed by atoms with E-state index < -0.39 is 10.2 Å². The molecule has 112 valence electrons. The van der Waals surface area contributed by atoms with Crippen molar-refractivity contribution < 1.29 is 8.42 Å². The molecule has 3 N–H and O–H groups in total. The Bertz CT molecular complexity index is 577. The van der Waals surface area contributed by atoms with Gasteiger partial charge in [-0.2, -0.15) is 12.7 Å². The van der Waals surface area contributed by atoms with Crippen molar-refractivity contribution in [1.29, 1.82) is 0 Å². The lowest BCUT2D eigenvalue weighted by Gasteiger charge is -2.31. The molecule has 0 spiro atoms. The Morgan fingerprint density at radius 2 is 2.25 bits per heavy atom. The van der Waals surface area contributed by atoms with Gasteiger partial charge in [0.1, 0.15) is 0 Å². The minimum absolute atomic E-state index is 0.237. The molecule has 1 aromatic rings. The van der Waals surface area contributed by atoms with E-state index >= 15 is 0 Å². The number of anilines is 1. The molecule has 0 aliphatic carbocycles. The zero-order valence-electron chi connectivity index (χ0n) is 11.5. The maximum absolute atomic E-state index is 12.4. The van der Waals surface area contributed by atoms with E-state index in [9.17, 15) is 8.42 Å². The van der Waals surface area contributed by atoms with Gasteiger partial charge in [0.25, 0.3) is 0 Å². The van der Waals surface area contributed by atoms with Crippen LogP contribution in [0, 0.1) is 12.8 Å². The third-order valence-electron chi connectivity index (χ3n) is 3.59. The second kappa shape index (κ2) is 6.30. The van der Waals surface area contributed by atoms with Gasteiger partial charge >= 0.3 is 10.2 Å². The fourth-order valence-electron chi connectivity index (χ4n) is 2.35. The van der Waals surface area contributed by atoms with Crippen molar-refractivity contribution in [1.82, 2.24) is 4.31 Å². The molecular weight excluding hydrogens is 298 g/mol. The van der Waals surface area contributed by atoms with Gasteiger partial charge in [-0.15, -0.1) is 0 Å². The monoisotopic (exact) mass is 317 g/mol. The zero-order chi connectivity index (χ0) is 14.8. The lowest BCUT2D eigenvalue weighted by atomic mass is 10.0. The number of halogens is 1. The molecule has 5 nitrogen and oxygen atoms in total. The van der Waals surface area contributed by atoms with Crippen LogP contribution in [0.3, 0.4) is 0 Å². The molecule has 1 aromatic carbocycles. The van der Waals surface area contributed by atoms with Crippen molar-refractivity contribution in [2.75, 3.05) is 24.4 Å². The van der Waals surface area contributed by atoms with Crippen LogP contribution in [0.5, 0.6) is 0 Å². The van der Waals surface area contributed by atoms with Crippen LogP contribution in [0.1, 0.15) is 18.4 Å². The Balaban J connectivity index is 2.16. The first-order valence-corrected chi connectivity index (χ1v) is 8.48. The number of piperidine rings is 1. The zero-order valence-corrected chi connectivity index (χ0v) is 13.0. The summed E-state index contributed by atoms with van der Waals surface area (Å²) in [4.78, 5) is 0. The van der Waals surface area contributed by atoms with Crippen LogP contribution in [0.4, 0.5) is 5.69 Å². The van der Waals surface area contributed by atoms with Gasteiger partial charge in [-0.3, -0.25) is 4.72 Å². The summed E-state index contributed by atoms with van der Waals surface area (Å²) in [6, 6.07) is 5.15. The summed E-state index contributed by atoms with van der Waals surface area (Å²) in [6.07, 6.45) is 1.83. The third kappa shape index (κ3) is 3.63. The highest BCUT2D eigenvalue weighted by molar-refractivity contribution is 7.90. The average molecular weight is 318 g/mol. The molecule has 7 heteroatoms. The summed E-state index contributed by atoms with van der Waals surface area (Å²) in [5, 5.41) is 0.506. The second-order valence-corrected chi connectivity index (χ2v) is 7.28. The highest BCUT2D eigenvalue weighted by atomic mass is 35.5. The summed E-state index contributed by atoms with van der Waals surface area (Å²) in [6.45, 7) is 3.37. The highest BCUT2D eigenvalue weighted by Crippen LogP contribution is 2.24. The SMILES string of the molecule is Cc1ccc(Cl)cc1NS(=O)(=O)N1CCCC(CN)C1. The van der Waals surface area contributed by atoms with E-state index in [-0.39, 0.29) is 5.92 Å². The van der Waals surface area contributed by atoms with Crippen LogP contribution in [-0.4, -0.2) is 32.4 Å². The molecule has 1 aliphatic rings. The first kappa shape index (κ1) is 15.6. The molecule has 0 amide bonds. The number of aryl methyl sites for hydroxylation is 1. The van der Waals surface area contributed by atoms with Crippen molar-refractivity contribution in [3.05, 3.63) is 28.8 Å². The minimum Gasteiger partial charge on any atom is -0.330 e. The van der Waals surface area contributed by atoms with Crippen LogP contribution in [0.2, 0.25) is 5.02 Å². The van der Waals surface area contributed by atoms with Crippen molar-refractivity contribution in [2.24, 2.45) is 11.7 Å². The van der Waals surface area contributed by atoms with Crippen LogP contribution in [0.25, 0.3) is 0 Å². The summed E-state index contributed by atoms with van der Waals surface area (Å²) in [5.74, 6) is 0.237. The Morgan fingerprint density at radius 1 is 1.50 bits per heavy atom.